The van der Waals surface area contributed by atoms with Crippen LogP contribution in [0.2, 0.25) is 5.15 Å². The van der Waals surface area contributed by atoms with Crippen LogP contribution >= 0.6 is 22.9 Å². The van der Waals surface area contributed by atoms with E-state index in [0.717, 1.165) is 11.3 Å². The molecule has 2 amide bonds. The second-order valence-corrected chi connectivity index (χ2v) is 6.31. The number of hydrogen-bond donors (Lipinski definition) is 2. The molecular weight excluding hydrogens is 360 g/mol. The Balaban J connectivity index is 1.73. The summed E-state index contributed by atoms with van der Waals surface area (Å²) in [6, 6.07) is 10.5. The van der Waals surface area contributed by atoms with E-state index in [1.807, 2.05) is 17.5 Å². The van der Waals surface area contributed by atoms with Crippen molar-refractivity contribution in [3.05, 3.63) is 58.7 Å². The van der Waals surface area contributed by atoms with Crippen LogP contribution in [-0.2, 0) is 4.79 Å². The fourth-order valence-electron chi connectivity index (χ4n) is 2.11. The number of pyridine rings is 1. The van der Waals surface area contributed by atoms with Gasteiger partial charge in [0.05, 0.1) is 11.3 Å². The molecule has 0 aliphatic rings. The molecule has 0 fully saturated rings. The predicted octanol–water partition coefficient (Wildman–Crippen LogP) is 4.07. The minimum atomic E-state index is -0.361. The van der Waals surface area contributed by atoms with Gasteiger partial charge in [-0.2, -0.15) is 0 Å². The Bertz CT molecular complexity index is 924. The molecule has 0 radical (unpaired) electrons. The Hall–Kier alpha value is -2.77. The molecule has 2 N–H and O–H groups in total. The van der Waals surface area contributed by atoms with Crippen molar-refractivity contribution in [3.8, 4) is 11.3 Å². The quantitative estimate of drug-likeness (QED) is 0.676. The van der Waals surface area contributed by atoms with Gasteiger partial charge in [-0.15, -0.1) is 11.3 Å². The van der Waals surface area contributed by atoms with E-state index in [0.29, 0.717) is 16.4 Å². The molecule has 0 spiro atoms. The number of nitrogens with one attached hydrogen (secondary N) is 2. The Morgan fingerprint density at radius 2 is 1.88 bits per heavy atom. The molecule has 126 valence electrons. The first-order valence-corrected chi connectivity index (χ1v) is 8.54. The monoisotopic (exact) mass is 372 g/mol. The first-order chi connectivity index (χ1) is 12.0. The van der Waals surface area contributed by atoms with Crippen LogP contribution in [0.1, 0.15) is 17.3 Å². The van der Waals surface area contributed by atoms with Gasteiger partial charge in [0.1, 0.15) is 5.15 Å². The van der Waals surface area contributed by atoms with Crippen LogP contribution in [0.4, 0.5) is 10.8 Å². The zero-order valence-corrected chi connectivity index (χ0v) is 14.7. The molecular formula is C17H13ClN4O2S. The van der Waals surface area contributed by atoms with Gasteiger partial charge >= 0.3 is 0 Å². The molecule has 3 rings (SSSR count). The van der Waals surface area contributed by atoms with Gasteiger partial charge in [-0.25, -0.2) is 9.97 Å². The third-order valence-electron chi connectivity index (χ3n) is 3.23. The van der Waals surface area contributed by atoms with Crippen molar-refractivity contribution >= 4 is 45.6 Å². The topological polar surface area (TPSA) is 84.0 Å². The molecule has 25 heavy (non-hydrogen) atoms. The average Bonchev–Trinajstić information content (AvgIpc) is 3.04. The first kappa shape index (κ1) is 17.1. The lowest BCUT2D eigenvalue weighted by molar-refractivity contribution is -0.114. The van der Waals surface area contributed by atoms with E-state index in [9.17, 15) is 9.59 Å². The third kappa shape index (κ3) is 4.20. The summed E-state index contributed by atoms with van der Waals surface area (Å²) in [6.45, 7) is 1.46. The highest BCUT2D eigenvalue weighted by molar-refractivity contribution is 7.14. The van der Waals surface area contributed by atoms with Gasteiger partial charge in [0, 0.05) is 29.8 Å². The lowest BCUT2D eigenvalue weighted by Crippen LogP contribution is -2.12. The fraction of sp³-hybridized carbons (Fsp3) is 0.0588. The van der Waals surface area contributed by atoms with E-state index >= 15 is 0 Å². The molecule has 8 heteroatoms. The number of carbonyl (C=O) groups excluding carboxylic acids is 2. The van der Waals surface area contributed by atoms with Gasteiger partial charge in [-0.1, -0.05) is 23.7 Å². The van der Waals surface area contributed by atoms with E-state index in [2.05, 4.69) is 20.6 Å². The second kappa shape index (κ2) is 7.42. The molecule has 0 aliphatic carbocycles. The number of anilines is 2. The maximum atomic E-state index is 12.2. The molecule has 0 aliphatic heterocycles. The maximum absolute atomic E-state index is 12.2. The molecule has 3 aromatic rings. The van der Waals surface area contributed by atoms with Crippen molar-refractivity contribution in [2.75, 3.05) is 10.6 Å². The van der Waals surface area contributed by atoms with Gasteiger partial charge in [-0.3, -0.25) is 14.9 Å². The Morgan fingerprint density at radius 3 is 2.56 bits per heavy atom. The maximum Gasteiger partial charge on any atom is 0.260 e. The number of aromatic nitrogens is 2. The Labute approximate surface area is 152 Å². The summed E-state index contributed by atoms with van der Waals surface area (Å²) in [5.41, 5.74) is 2.61. The molecule has 0 unspecified atom stereocenters. The van der Waals surface area contributed by atoms with Crippen molar-refractivity contribution in [3.63, 3.8) is 0 Å². The van der Waals surface area contributed by atoms with Gasteiger partial charge < -0.3 is 5.32 Å². The SMILES string of the molecule is CC(=O)Nc1ccc(-c2csc(NC(=O)c3cccnc3Cl)n2)cc1. The molecule has 1 aromatic carbocycles. The van der Waals surface area contributed by atoms with E-state index in [4.69, 9.17) is 11.6 Å². The number of thiazole rings is 1. The second-order valence-electron chi connectivity index (χ2n) is 5.09. The minimum absolute atomic E-state index is 0.125. The Morgan fingerprint density at radius 1 is 1.12 bits per heavy atom. The zero-order valence-electron chi connectivity index (χ0n) is 13.1. The van der Waals surface area contributed by atoms with Crippen LogP contribution in [0.25, 0.3) is 11.3 Å². The van der Waals surface area contributed by atoms with E-state index in [-0.39, 0.29) is 17.0 Å². The summed E-state index contributed by atoms with van der Waals surface area (Å²) >= 11 is 7.23. The zero-order chi connectivity index (χ0) is 17.8. The standard InChI is InChI=1S/C17H13ClN4O2S/c1-10(23)20-12-6-4-11(5-7-12)14-9-25-17(21-14)22-16(24)13-3-2-8-19-15(13)18/h2-9H,1H3,(H,20,23)(H,21,22,24). The van der Waals surface area contributed by atoms with Crippen LogP contribution in [0.3, 0.4) is 0 Å². The van der Waals surface area contributed by atoms with E-state index in [1.54, 1.807) is 24.3 Å². The number of halogens is 1. The van der Waals surface area contributed by atoms with Crippen molar-refractivity contribution in [1.82, 2.24) is 9.97 Å². The highest BCUT2D eigenvalue weighted by Crippen LogP contribution is 2.26. The number of amides is 2. The molecule has 0 bridgehead atoms. The number of carbonyl (C=O) groups is 2. The first-order valence-electron chi connectivity index (χ1n) is 7.28. The molecule has 0 saturated heterocycles. The van der Waals surface area contributed by atoms with Gasteiger partial charge in [0.15, 0.2) is 5.13 Å². The van der Waals surface area contributed by atoms with Gasteiger partial charge in [0.25, 0.3) is 5.91 Å². The highest BCUT2D eigenvalue weighted by atomic mass is 35.5. The number of rotatable bonds is 4. The fourth-order valence-corrected chi connectivity index (χ4v) is 3.03. The third-order valence-corrected chi connectivity index (χ3v) is 4.29. The molecule has 2 aromatic heterocycles. The average molecular weight is 373 g/mol. The highest BCUT2D eigenvalue weighted by Gasteiger charge is 2.13. The molecule has 0 saturated carbocycles. The lowest BCUT2D eigenvalue weighted by atomic mass is 10.1. The summed E-state index contributed by atoms with van der Waals surface area (Å²) in [5, 5.41) is 7.87. The number of benzene rings is 1. The molecule has 2 heterocycles. The van der Waals surface area contributed by atoms with Crippen molar-refractivity contribution in [2.45, 2.75) is 6.92 Å². The molecule has 0 atom stereocenters. The normalized spacial score (nSPS) is 10.3. The summed E-state index contributed by atoms with van der Waals surface area (Å²) in [6.07, 6.45) is 1.52. The van der Waals surface area contributed by atoms with E-state index < -0.39 is 0 Å². The molecule has 6 nitrogen and oxygen atoms in total. The Kier molecular flexibility index (Phi) is 5.06. The van der Waals surface area contributed by atoms with Crippen LogP contribution in [0.5, 0.6) is 0 Å². The summed E-state index contributed by atoms with van der Waals surface area (Å²) in [7, 11) is 0. The van der Waals surface area contributed by atoms with Crippen molar-refractivity contribution in [1.29, 1.82) is 0 Å². The van der Waals surface area contributed by atoms with Crippen molar-refractivity contribution in [2.24, 2.45) is 0 Å². The summed E-state index contributed by atoms with van der Waals surface area (Å²) in [5.74, 6) is -0.486. The summed E-state index contributed by atoms with van der Waals surface area (Å²) in [4.78, 5) is 31.5. The predicted molar refractivity (Wildman–Crippen MR) is 99.1 cm³/mol. The largest absolute Gasteiger partial charge is 0.326 e. The smallest absolute Gasteiger partial charge is 0.260 e. The van der Waals surface area contributed by atoms with Gasteiger partial charge in [-0.05, 0) is 24.3 Å². The number of hydrogen-bond acceptors (Lipinski definition) is 5. The van der Waals surface area contributed by atoms with Crippen LogP contribution in [0.15, 0.2) is 48.0 Å². The summed E-state index contributed by atoms with van der Waals surface area (Å²) < 4.78 is 0. The minimum Gasteiger partial charge on any atom is -0.326 e. The lowest BCUT2D eigenvalue weighted by Gasteiger charge is -2.03. The van der Waals surface area contributed by atoms with Crippen LogP contribution in [-0.4, -0.2) is 21.8 Å². The number of nitrogens with zero attached hydrogens (tertiary/aromatic N) is 2. The van der Waals surface area contributed by atoms with Crippen molar-refractivity contribution < 1.29 is 9.59 Å². The van der Waals surface area contributed by atoms with Crippen LogP contribution < -0.4 is 10.6 Å². The van der Waals surface area contributed by atoms with Crippen LogP contribution in [0, 0.1) is 0 Å². The van der Waals surface area contributed by atoms with E-state index in [1.165, 1.54) is 24.5 Å². The van der Waals surface area contributed by atoms with Gasteiger partial charge in [0.2, 0.25) is 5.91 Å².